The third-order valence-corrected chi connectivity index (χ3v) is 1.91. The van der Waals surface area contributed by atoms with Crippen molar-refractivity contribution in [2.24, 2.45) is 7.05 Å². The van der Waals surface area contributed by atoms with Gasteiger partial charge in [-0.25, -0.2) is 4.79 Å². The Bertz CT molecular complexity index is 492. The van der Waals surface area contributed by atoms with Crippen LogP contribution in [0.3, 0.4) is 0 Å². The first-order valence-electron chi connectivity index (χ1n) is 4.20. The van der Waals surface area contributed by atoms with E-state index in [0.29, 0.717) is 11.3 Å². The van der Waals surface area contributed by atoms with Gasteiger partial charge in [-0.05, 0) is 13.0 Å². The molecule has 0 bridgehead atoms. The molecule has 0 aliphatic carbocycles. The second-order valence-corrected chi connectivity index (χ2v) is 2.83. The summed E-state index contributed by atoms with van der Waals surface area (Å²) in [4.78, 5) is 25.4. The molecule has 74 valence electrons. The van der Waals surface area contributed by atoms with Crippen molar-refractivity contribution in [1.29, 1.82) is 0 Å². The molecule has 0 aliphatic rings. The van der Waals surface area contributed by atoms with Crippen LogP contribution in [0, 0.1) is 0 Å². The maximum atomic E-state index is 11.6. The van der Waals surface area contributed by atoms with Crippen LogP contribution in [0.15, 0.2) is 22.2 Å². The molecule has 0 radical (unpaired) electrons. The Morgan fingerprint density at radius 3 is 2.57 bits per heavy atom. The number of aromatic amines is 1. The molecule has 1 heterocycles. The van der Waals surface area contributed by atoms with Crippen molar-refractivity contribution in [1.82, 2.24) is 9.55 Å². The monoisotopic (exact) mass is 192 g/mol. The minimum Gasteiger partial charge on any atom is -0.307 e. The SMILES string of the molecule is C=Cc1c(/C=C\C)[nH]c(=O)n(C)c1=O. The lowest BCUT2D eigenvalue weighted by Crippen LogP contribution is -2.34. The van der Waals surface area contributed by atoms with Crippen LogP contribution in [0.25, 0.3) is 12.2 Å². The van der Waals surface area contributed by atoms with Gasteiger partial charge in [0.1, 0.15) is 0 Å². The Labute approximate surface area is 81.2 Å². The molecule has 0 spiro atoms. The summed E-state index contributed by atoms with van der Waals surface area (Å²) < 4.78 is 1.02. The van der Waals surface area contributed by atoms with E-state index in [1.54, 1.807) is 12.2 Å². The molecule has 14 heavy (non-hydrogen) atoms. The van der Waals surface area contributed by atoms with E-state index < -0.39 is 5.69 Å². The summed E-state index contributed by atoms with van der Waals surface area (Å²) in [5.74, 6) is 0. The van der Waals surface area contributed by atoms with Crippen LogP contribution in [0.4, 0.5) is 0 Å². The van der Waals surface area contributed by atoms with E-state index in [0.717, 1.165) is 4.57 Å². The lowest BCUT2D eigenvalue weighted by molar-refractivity contribution is 0.769. The summed E-state index contributed by atoms with van der Waals surface area (Å²) in [6.07, 6.45) is 4.85. The predicted octanol–water partition coefficient (Wildman–Crippen LogP) is 0.750. The van der Waals surface area contributed by atoms with Gasteiger partial charge in [0.05, 0.1) is 11.3 Å². The highest BCUT2D eigenvalue weighted by Gasteiger charge is 2.05. The summed E-state index contributed by atoms with van der Waals surface area (Å²) in [5.41, 5.74) is 0.145. The third-order valence-electron chi connectivity index (χ3n) is 1.91. The van der Waals surface area contributed by atoms with E-state index in [2.05, 4.69) is 11.6 Å². The van der Waals surface area contributed by atoms with Crippen molar-refractivity contribution in [3.8, 4) is 0 Å². The zero-order valence-electron chi connectivity index (χ0n) is 8.20. The molecule has 0 aromatic carbocycles. The summed E-state index contributed by atoms with van der Waals surface area (Å²) in [6.45, 7) is 5.34. The van der Waals surface area contributed by atoms with E-state index >= 15 is 0 Å². The summed E-state index contributed by atoms with van der Waals surface area (Å²) in [7, 11) is 1.42. The average molecular weight is 192 g/mol. The van der Waals surface area contributed by atoms with Crippen molar-refractivity contribution in [2.45, 2.75) is 6.92 Å². The largest absolute Gasteiger partial charge is 0.328 e. The topological polar surface area (TPSA) is 54.9 Å². The molecular weight excluding hydrogens is 180 g/mol. The first-order chi connectivity index (χ1) is 6.61. The Kier molecular flexibility index (Phi) is 2.86. The average Bonchev–Trinajstić information content (AvgIpc) is 2.16. The van der Waals surface area contributed by atoms with Gasteiger partial charge in [-0.15, -0.1) is 0 Å². The van der Waals surface area contributed by atoms with Crippen LogP contribution >= 0.6 is 0 Å². The normalized spacial score (nSPS) is 10.7. The Morgan fingerprint density at radius 1 is 1.43 bits per heavy atom. The molecule has 0 unspecified atom stereocenters. The fraction of sp³-hybridized carbons (Fsp3) is 0.200. The molecule has 4 heteroatoms. The second-order valence-electron chi connectivity index (χ2n) is 2.83. The van der Waals surface area contributed by atoms with Gasteiger partial charge in [0.25, 0.3) is 5.56 Å². The molecule has 1 aromatic heterocycles. The Hall–Kier alpha value is -1.84. The molecule has 1 aromatic rings. The number of nitrogens with one attached hydrogen (secondary N) is 1. The van der Waals surface area contributed by atoms with E-state index in [4.69, 9.17) is 0 Å². The van der Waals surface area contributed by atoms with Gasteiger partial charge in [-0.2, -0.15) is 0 Å². The van der Waals surface area contributed by atoms with Gasteiger partial charge in [-0.1, -0.05) is 18.7 Å². The zero-order valence-corrected chi connectivity index (χ0v) is 8.20. The van der Waals surface area contributed by atoms with Gasteiger partial charge in [0.15, 0.2) is 0 Å². The van der Waals surface area contributed by atoms with E-state index in [1.807, 2.05) is 6.92 Å². The van der Waals surface area contributed by atoms with Crippen LogP contribution in [0.5, 0.6) is 0 Å². The molecule has 0 atom stereocenters. The minimum absolute atomic E-state index is 0.336. The second kappa shape index (κ2) is 3.91. The van der Waals surface area contributed by atoms with Crippen LogP contribution in [-0.4, -0.2) is 9.55 Å². The lowest BCUT2D eigenvalue weighted by atomic mass is 10.2. The smallest absolute Gasteiger partial charge is 0.307 e. The zero-order chi connectivity index (χ0) is 10.7. The molecule has 0 saturated heterocycles. The first-order valence-corrected chi connectivity index (χ1v) is 4.20. The highest BCUT2D eigenvalue weighted by Crippen LogP contribution is 2.01. The number of H-pyrrole nitrogens is 1. The fourth-order valence-corrected chi connectivity index (χ4v) is 1.15. The quantitative estimate of drug-likeness (QED) is 0.751. The van der Waals surface area contributed by atoms with Gasteiger partial charge in [0, 0.05) is 7.05 Å². The van der Waals surface area contributed by atoms with E-state index in [1.165, 1.54) is 13.1 Å². The molecule has 0 fully saturated rings. The summed E-state index contributed by atoms with van der Waals surface area (Å²) in [5, 5.41) is 0. The van der Waals surface area contributed by atoms with E-state index in [9.17, 15) is 9.59 Å². The Balaban J connectivity index is 3.69. The van der Waals surface area contributed by atoms with Crippen LogP contribution in [0.1, 0.15) is 18.2 Å². The highest BCUT2D eigenvalue weighted by atomic mass is 16.2. The molecule has 0 amide bonds. The number of nitrogens with zero attached hydrogens (tertiary/aromatic N) is 1. The lowest BCUT2D eigenvalue weighted by Gasteiger charge is -2.02. The molecule has 1 rings (SSSR count). The number of hydrogen-bond acceptors (Lipinski definition) is 2. The van der Waals surface area contributed by atoms with Crippen molar-refractivity contribution in [2.75, 3.05) is 0 Å². The Morgan fingerprint density at radius 2 is 2.07 bits per heavy atom. The molecule has 0 aliphatic heterocycles. The van der Waals surface area contributed by atoms with E-state index in [-0.39, 0.29) is 5.56 Å². The molecule has 1 N–H and O–H groups in total. The maximum Gasteiger partial charge on any atom is 0.328 e. The van der Waals surface area contributed by atoms with Crippen molar-refractivity contribution >= 4 is 12.2 Å². The maximum absolute atomic E-state index is 11.6. The van der Waals surface area contributed by atoms with Crippen molar-refractivity contribution in [3.05, 3.63) is 44.8 Å². The van der Waals surface area contributed by atoms with Gasteiger partial charge < -0.3 is 4.98 Å². The predicted molar refractivity (Wildman–Crippen MR) is 57.1 cm³/mol. The van der Waals surface area contributed by atoms with Crippen molar-refractivity contribution < 1.29 is 0 Å². The van der Waals surface area contributed by atoms with Gasteiger partial charge >= 0.3 is 5.69 Å². The standard InChI is InChI=1S/C10H12N2O2/c1-4-6-8-7(5-2)9(13)12(3)10(14)11-8/h4-6H,2H2,1,3H3,(H,11,14)/b6-4-. The highest BCUT2D eigenvalue weighted by molar-refractivity contribution is 5.59. The van der Waals surface area contributed by atoms with Crippen molar-refractivity contribution in [3.63, 3.8) is 0 Å². The fourth-order valence-electron chi connectivity index (χ4n) is 1.15. The number of allylic oxidation sites excluding steroid dienone is 1. The molecule has 0 saturated carbocycles. The van der Waals surface area contributed by atoms with Crippen LogP contribution < -0.4 is 11.2 Å². The number of hydrogen-bond donors (Lipinski definition) is 1. The molecule has 4 nitrogen and oxygen atoms in total. The summed E-state index contributed by atoms with van der Waals surface area (Å²) in [6, 6.07) is 0. The van der Waals surface area contributed by atoms with Crippen LogP contribution in [-0.2, 0) is 7.05 Å². The first kappa shape index (κ1) is 10.2. The number of rotatable bonds is 2. The minimum atomic E-state index is -0.422. The van der Waals surface area contributed by atoms with Gasteiger partial charge in [-0.3, -0.25) is 9.36 Å². The molecular formula is C10H12N2O2. The summed E-state index contributed by atoms with van der Waals surface area (Å²) >= 11 is 0. The van der Waals surface area contributed by atoms with Gasteiger partial charge in [0.2, 0.25) is 0 Å². The number of aromatic nitrogens is 2. The third kappa shape index (κ3) is 1.59. The van der Waals surface area contributed by atoms with Crippen LogP contribution in [0.2, 0.25) is 0 Å².